The zero-order valence-electron chi connectivity index (χ0n) is 18.6. The zero-order chi connectivity index (χ0) is 23.8. The van der Waals surface area contributed by atoms with Gasteiger partial charge in [-0.1, -0.05) is 30.3 Å². The Bertz CT molecular complexity index is 932. The minimum atomic E-state index is -1.82. The second-order valence-electron chi connectivity index (χ2n) is 8.01. The highest BCUT2D eigenvalue weighted by Gasteiger charge is 2.29. The molecule has 2 aromatic rings. The number of hydrogen-bond donors (Lipinski definition) is 3. The predicted molar refractivity (Wildman–Crippen MR) is 121 cm³/mol. The largest absolute Gasteiger partial charge is 0.496 e. The molecule has 2 aliphatic rings. The van der Waals surface area contributed by atoms with Crippen LogP contribution in [0.3, 0.4) is 0 Å². The van der Waals surface area contributed by atoms with Gasteiger partial charge in [-0.15, -0.1) is 0 Å². The standard InChI is InChI=1S/C22H28N2O3.C2H2O4/c1-25-19-7-3-2-6-18(19)22(23)16-10-12-24(13-11-16)14-17-15-26-20-8-4-5-9-21(20)27-17;3-1(4)2(5)6/h2-9,16-17,22H,10-15,23H2,1H3;(H,3,4)(H,5,6). The average Bonchev–Trinajstić information content (AvgIpc) is 2.84. The minimum absolute atomic E-state index is 0.0180. The zero-order valence-corrected chi connectivity index (χ0v) is 18.6. The first-order chi connectivity index (χ1) is 15.9. The van der Waals surface area contributed by atoms with Gasteiger partial charge in [0.05, 0.1) is 7.11 Å². The van der Waals surface area contributed by atoms with Gasteiger partial charge < -0.3 is 30.2 Å². The molecule has 4 rings (SSSR count). The summed E-state index contributed by atoms with van der Waals surface area (Å²) in [6, 6.07) is 16.0. The number of benzene rings is 2. The summed E-state index contributed by atoms with van der Waals surface area (Å²) in [5, 5.41) is 14.8. The highest BCUT2D eigenvalue weighted by molar-refractivity contribution is 6.27. The third kappa shape index (κ3) is 6.59. The number of carboxylic acids is 2. The number of carboxylic acid groups (broad SMARTS) is 2. The second-order valence-corrected chi connectivity index (χ2v) is 8.01. The summed E-state index contributed by atoms with van der Waals surface area (Å²) in [7, 11) is 1.71. The van der Waals surface area contributed by atoms with Crippen molar-refractivity contribution in [2.75, 3.05) is 33.4 Å². The first-order valence-corrected chi connectivity index (χ1v) is 10.8. The van der Waals surface area contributed by atoms with E-state index >= 15 is 0 Å². The molecule has 2 unspecified atom stereocenters. The van der Waals surface area contributed by atoms with Crippen molar-refractivity contribution in [3.63, 3.8) is 0 Å². The molecule has 0 radical (unpaired) electrons. The lowest BCUT2D eigenvalue weighted by Gasteiger charge is -2.37. The highest BCUT2D eigenvalue weighted by atomic mass is 16.6. The molecule has 2 heterocycles. The number of aliphatic carboxylic acids is 2. The molecule has 2 atom stereocenters. The van der Waals surface area contributed by atoms with Gasteiger partial charge in [-0.05, 0) is 50.0 Å². The van der Waals surface area contributed by atoms with E-state index in [2.05, 4.69) is 11.0 Å². The Hall–Kier alpha value is -3.30. The van der Waals surface area contributed by atoms with Crippen LogP contribution in [-0.2, 0) is 9.59 Å². The molecule has 4 N–H and O–H groups in total. The molecular weight excluding hydrogens is 428 g/mol. The Morgan fingerprint density at radius 1 is 1.06 bits per heavy atom. The molecule has 2 aromatic carbocycles. The van der Waals surface area contributed by atoms with Gasteiger partial charge in [-0.25, -0.2) is 9.59 Å². The molecule has 178 valence electrons. The number of ether oxygens (including phenoxy) is 3. The fraction of sp³-hybridized carbons (Fsp3) is 0.417. The molecule has 0 saturated carbocycles. The Morgan fingerprint density at radius 2 is 1.67 bits per heavy atom. The lowest BCUT2D eigenvalue weighted by molar-refractivity contribution is -0.159. The SMILES string of the molecule is COc1ccccc1C(N)C1CCN(CC2COc3ccccc3O2)CC1.O=C(O)C(=O)O. The van der Waals surface area contributed by atoms with Crippen LogP contribution < -0.4 is 19.9 Å². The van der Waals surface area contributed by atoms with Gasteiger partial charge in [0.2, 0.25) is 0 Å². The van der Waals surface area contributed by atoms with Gasteiger partial charge in [0, 0.05) is 18.2 Å². The summed E-state index contributed by atoms with van der Waals surface area (Å²) in [5.41, 5.74) is 7.70. The fourth-order valence-electron chi connectivity index (χ4n) is 4.13. The molecule has 9 nitrogen and oxygen atoms in total. The van der Waals surface area contributed by atoms with Crippen molar-refractivity contribution in [1.82, 2.24) is 4.90 Å². The van der Waals surface area contributed by atoms with Gasteiger partial charge in [0.15, 0.2) is 11.5 Å². The van der Waals surface area contributed by atoms with Crippen LogP contribution in [0.2, 0.25) is 0 Å². The summed E-state index contributed by atoms with van der Waals surface area (Å²) in [6.45, 7) is 3.58. The van der Waals surface area contributed by atoms with Crippen LogP contribution in [-0.4, -0.2) is 66.5 Å². The van der Waals surface area contributed by atoms with Crippen molar-refractivity contribution in [3.05, 3.63) is 54.1 Å². The van der Waals surface area contributed by atoms with E-state index in [0.717, 1.165) is 55.3 Å². The third-order valence-electron chi connectivity index (χ3n) is 5.85. The molecule has 0 bridgehead atoms. The normalized spacial score (nSPS) is 19.0. The van der Waals surface area contributed by atoms with E-state index in [1.807, 2.05) is 42.5 Å². The lowest BCUT2D eigenvalue weighted by Crippen LogP contribution is -2.45. The third-order valence-corrected chi connectivity index (χ3v) is 5.85. The van der Waals surface area contributed by atoms with Crippen LogP contribution in [0.5, 0.6) is 17.2 Å². The van der Waals surface area contributed by atoms with Crippen molar-refractivity contribution in [2.45, 2.75) is 25.0 Å². The van der Waals surface area contributed by atoms with Crippen molar-refractivity contribution in [1.29, 1.82) is 0 Å². The van der Waals surface area contributed by atoms with Crippen molar-refractivity contribution < 1.29 is 34.0 Å². The van der Waals surface area contributed by atoms with Crippen molar-refractivity contribution in [3.8, 4) is 17.2 Å². The summed E-state index contributed by atoms with van der Waals surface area (Å²) in [5.74, 6) is -0.595. The molecule has 0 spiro atoms. The first-order valence-electron chi connectivity index (χ1n) is 10.8. The number of likely N-dealkylation sites (tertiary alicyclic amines) is 1. The highest BCUT2D eigenvalue weighted by Crippen LogP contribution is 2.34. The van der Waals surface area contributed by atoms with Gasteiger partial charge >= 0.3 is 11.9 Å². The molecular formula is C24H30N2O7. The van der Waals surface area contributed by atoms with Crippen LogP contribution in [0.15, 0.2) is 48.5 Å². The van der Waals surface area contributed by atoms with E-state index < -0.39 is 11.9 Å². The number of piperidine rings is 1. The molecule has 33 heavy (non-hydrogen) atoms. The Labute approximate surface area is 192 Å². The number of para-hydroxylation sites is 3. The van der Waals surface area contributed by atoms with E-state index in [-0.39, 0.29) is 12.1 Å². The number of hydrogen-bond acceptors (Lipinski definition) is 7. The maximum absolute atomic E-state index is 9.10. The number of nitrogens with zero attached hydrogens (tertiary/aromatic N) is 1. The maximum Gasteiger partial charge on any atom is 0.414 e. The topological polar surface area (TPSA) is 132 Å². The van der Waals surface area contributed by atoms with Crippen molar-refractivity contribution in [2.24, 2.45) is 11.7 Å². The van der Waals surface area contributed by atoms with Crippen molar-refractivity contribution >= 4 is 11.9 Å². The number of nitrogens with two attached hydrogens (primary N) is 1. The average molecular weight is 459 g/mol. The van der Waals surface area contributed by atoms with Crippen LogP contribution in [0, 0.1) is 5.92 Å². The van der Waals surface area contributed by atoms with E-state index in [9.17, 15) is 0 Å². The number of methoxy groups -OCH3 is 1. The van der Waals surface area contributed by atoms with E-state index in [0.29, 0.717) is 12.5 Å². The van der Waals surface area contributed by atoms with Gasteiger partial charge in [0.1, 0.15) is 18.5 Å². The summed E-state index contributed by atoms with van der Waals surface area (Å²) < 4.78 is 17.4. The Morgan fingerprint density at radius 3 is 2.30 bits per heavy atom. The number of rotatable bonds is 5. The van der Waals surface area contributed by atoms with E-state index in [1.165, 1.54) is 0 Å². The predicted octanol–water partition coefficient (Wildman–Crippen LogP) is 2.40. The molecule has 0 aromatic heterocycles. The smallest absolute Gasteiger partial charge is 0.414 e. The van der Waals surface area contributed by atoms with E-state index in [4.69, 9.17) is 39.7 Å². The van der Waals surface area contributed by atoms with Crippen LogP contribution in [0.4, 0.5) is 0 Å². The molecule has 1 saturated heterocycles. The maximum atomic E-state index is 9.10. The molecule has 0 amide bonds. The molecule has 0 aliphatic carbocycles. The Balaban J connectivity index is 0.000000454. The Kier molecular flexibility index (Phi) is 8.51. The summed E-state index contributed by atoms with van der Waals surface area (Å²) in [4.78, 5) is 20.7. The van der Waals surface area contributed by atoms with Crippen LogP contribution in [0.25, 0.3) is 0 Å². The lowest BCUT2D eigenvalue weighted by atomic mass is 9.85. The summed E-state index contributed by atoms with van der Waals surface area (Å²) in [6.07, 6.45) is 2.26. The monoisotopic (exact) mass is 458 g/mol. The number of carbonyl (C=O) groups is 2. The minimum Gasteiger partial charge on any atom is -0.496 e. The first kappa shape index (κ1) is 24.3. The van der Waals surface area contributed by atoms with Gasteiger partial charge in [-0.3, -0.25) is 4.90 Å². The van der Waals surface area contributed by atoms with E-state index in [1.54, 1.807) is 7.11 Å². The summed E-state index contributed by atoms with van der Waals surface area (Å²) >= 11 is 0. The molecule has 2 aliphatic heterocycles. The van der Waals surface area contributed by atoms with Crippen LogP contribution in [0.1, 0.15) is 24.4 Å². The second kappa shape index (κ2) is 11.5. The molecule has 1 fully saturated rings. The van der Waals surface area contributed by atoms with Crippen LogP contribution >= 0.6 is 0 Å². The van der Waals surface area contributed by atoms with Gasteiger partial charge in [-0.2, -0.15) is 0 Å². The number of fused-ring (bicyclic) bond motifs is 1. The fourth-order valence-corrected chi connectivity index (χ4v) is 4.13. The molecule has 9 heteroatoms. The quantitative estimate of drug-likeness (QED) is 0.578. The van der Waals surface area contributed by atoms with Gasteiger partial charge in [0.25, 0.3) is 0 Å².